The minimum atomic E-state index is 1.09. The summed E-state index contributed by atoms with van der Waals surface area (Å²) >= 11 is 0. The van der Waals surface area contributed by atoms with E-state index in [1.165, 1.54) is 12.8 Å². The van der Waals surface area contributed by atoms with Crippen LogP contribution in [-0.2, 0) is 0 Å². The maximum absolute atomic E-state index is 6.25. The molecule has 0 heterocycles. The largest absolute Gasteiger partial charge is 0.512 e. The predicted molar refractivity (Wildman–Crippen MR) is 27.6 cm³/mol. The van der Waals surface area contributed by atoms with Crippen LogP contribution in [0.25, 0.3) is 0 Å². The zero-order chi connectivity index (χ0) is 6.12. The molecule has 2 nitrogen and oxygen atoms in total. The molecule has 2 heteroatoms. The van der Waals surface area contributed by atoms with Gasteiger partial charge in [-0.2, -0.15) is 0 Å². The molecular weight excluding hydrogens is 88.1 g/mol. The fourth-order valence-electron chi connectivity index (χ4n) is 0.250. The number of rotatable bonds is 2. The Kier molecular flexibility index (Phi) is 24.8. The van der Waals surface area contributed by atoms with Crippen LogP contribution in [0.5, 0.6) is 0 Å². The first-order valence-corrected chi connectivity index (χ1v) is 2.43. The Balaban J connectivity index is 0. The van der Waals surface area contributed by atoms with Crippen LogP contribution in [0.3, 0.4) is 0 Å². The third-order valence-corrected chi connectivity index (χ3v) is 0.604. The third-order valence-electron chi connectivity index (χ3n) is 0.604. The summed E-state index contributed by atoms with van der Waals surface area (Å²) in [6, 6.07) is 0. The van der Waals surface area contributed by atoms with E-state index in [-0.39, 0.29) is 0 Å². The lowest BCUT2D eigenvalue weighted by Gasteiger charge is -1.77. The molecule has 0 fully saturated rings. The summed E-state index contributed by atoms with van der Waals surface area (Å²) in [5, 5.41) is 6.25. The highest BCUT2D eigenvalue weighted by Gasteiger charge is 1.71. The van der Waals surface area contributed by atoms with Gasteiger partial charge in [-0.1, -0.05) is 13.3 Å². The summed E-state index contributed by atoms with van der Waals surface area (Å²) in [6.45, 7) is 8.02. The van der Waals surface area contributed by atoms with Crippen molar-refractivity contribution >= 4 is 0 Å². The second kappa shape index (κ2) is 18.0. The van der Waals surface area contributed by atoms with Crippen molar-refractivity contribution < 1.29 is 5.73 Å². The molecule has 0 aromatic carbocycles. The number of nitrogens with zero attached hydrogens (tertiary/aromatic N) is 1. The monoisotopic (exact) mass is 100 g/mol. The van der Waals surface area contributed by atoms with Crippen LogP contribution in [0.1, 0.15) is 19.8 Å². The lowest BCUT2D eigenvalue weighted by Crippen LogP contribution is -2.49. The average molecular weight is 100 g/mol. The third kappa shape index (κ3) is 30.9. The Morgan fingerprint density at radius 1 is 1.57 bits per heavy atom. The Morgan fingerprint density at radius 2 is 2.00 bits per heavy atom. The first-order chi connectivity index (χ1) is 3.41. The van der Waals surface area contributed by atoms with Gasteiger partial charge in [-0.05, 0) is 6.42 Å². The van der Waals surface area contributed by atoms with Crippen LogP contribution in [0.4, 0.5) is 0 Å². The van der Waals surface area contributed by atoms with E-state index in [4.69, 9.17) is 11.8 Å². The van der Waals surface area contributed by atoms with Gasteiger partial charge in [0.05, 0.1) is 6.54 Å². The number of hydrogen-bond acceptors (Lipinski definition) is 1. The van der Waals surface area contributed by atoms with Gasteiger partial charge < -0.3 is 17.6 Å². The maximum atomic E-state index is 6.25. The molecule has 0 atom stereocenters. The zero-order valence-electron chi connectivity index (χ0n) is 4.78. The van der Waals surface area contributed by atoms with Crippen molar-refractivity contribution in [3.05, 3.63) is 6.57 Å². The summed E-state index contributed by atoms with van der Waals surface area (Å²) in [4.78, 5) is 0. The summed E-state index contributed by atoms with van der Waals surface area (Å²) in [5.74, 6) is 0. The SMILES string of the molecule is CCCC[NH3+].[C-]#N. The van der Waals surface area contributed by atoms with Crippen molar-refractivity contribution in [3.63, 3.8) is 0 Å². The predicted octanol–water partition coefficient (Wildman–Crippen LogP) is 0.125. The lowest BCUT2D eigenvalue weighted by atomic mass is 10.3. The summed E-state index contributed by atoms with van der Waals surface area (Å²) < 4.78 is 0. The normalized spacial score (nSPS) is 6.29. The van der Waals surface area contributed by atoms with Gasteiger partial charge in [0.15, 0.2) is 0 Å². The molecule has 0 aliphatic carbocycles. The van der Waals surface area contributed by atoms with E-state index < -0.39 is 0 Å². The van der Waals surface area contributed by atoms with E-state index in [1.807, 2.05) is 0 Å². The van der Waals surface area contributed by atoms with Gasteiger partial charge in [-0.15, -0.1) is 0 Å². The van der Waals surface area contributed by atoms with Crippen LogP contribution in [0.15, 0.2) is 0 Å². The van der Waals surface area contributed by atoms with Crippen molar-refractivity contribution in [2.24, 2.45) is 0 Å². The molecule has 0 spiro atoms. The van der Waals surface area contributed by atoms with Crippen molar-refractivity contribution in [1.82, 2.24) is 0 Å². The van der Waals surface area contributed by atoms with E-state index >= 15 is 0 Å². The Labute approximate surface area is 44.9 Å². The van der Waals surface area contributed by atoms with Gasteiger partial charge in [0, 0.05) is 0 Å². The first-order valence-electron chi connectivity index (χ1n) is 2.43. The average Bonchev–Trinajstić information content (AvgIpc) is 1.75. The van der Waals surface area contributed by atoms with Gasteiger partial charge in [0.2, 0.25) is 0 Å². The zero-order valence-corrected chi connectivity index (χ0v) is 4.78. The Bertz CT molecular complexity index is 30.3. The van der Waals surface area contributed by atoms with Crippen LogP contribution in [0, 0.1) is 11.8 Å². The van der Waals surface area contributed by atoms with Crippen molar-refractivity contribution in [2.45, 2.75) is 19.8 Å². The highest BCUT2D eigenvalue weighted by molar-refractivity contribution is 4.21. The van der Waals surface area contributed by atoms with Crippen LogP contribution in [0.2, 0.25) is 0 Å². The smallest absolute Gasteiger partial charge is 0.0739 e. The van der Waals surface area contributed by atoms with Crippen LogP contribution >= 0.6 is 0 Å². The molecule has 7 heavy (non-hydrogen) atoms. The molecule has 3 N–H and O–H groups in total. The second-order valence-electron chi connectivity index (χ2n) is 1.21. The Hall–Kier alpha value is -0.550. The molecule has 0 aliphatic heterocycles. The minimum absolute atomic E-state index is 1.09. The number of quaternary nitrogens is 1. The van der Waals surface area contributed by atoms with Crippen LogP contribution < -0.4 is 5.73 Å². The molecule has 0 saturated carbocycles. The fraction of sp³-hybridized carbons (Fsp3) is 0.800. The maximum Gasteiger partial charge on any atom is 0.0739 e. The van der Waals surface area contributed by atoms with Crippen molar-refractivity contribution in [3.8, 4) is 0 Å². The summed E-state index contributed by atoms with van der Waals surface area (Å²) in [7, 11) is 0. The van der Waals surface area contributed by atoms with Gasteiger partial charge >= 0.3 is 0 Å². The molecule has 0 amide bonds. The summed E-state index contributed by atoms with van der Waals surface area (Å²) in [5.41, 5.74) is 3.68. The lowest BCUT2D eigenvalue weighted by molar-refractivity contribution is -0.368. The molecule has 0 unspecified atom stereocenters. The molecule has 0 rings (SSSR count). The van der Waals surface area contributed by atoms with Gasteiger partial charge in [0.25, 0.3) is 0 Å². The highest BCUT2D eigenvalue weighted by Crippen LogP contribution is 1.75. The first kappa shape index (κ1) is 9.67. The van der Waals surface area contributed by atoms with Gasteiger partial charge in [-0.3, -0.25) is 0 Å². The highest BCUT2D eigenvalue weighted by atomic mass is 14.5. The van der Waals surface area contributed by atoms with Crippen LogP contribution in [-0.4, -0.2) is 6.54 Å². The second-order valence-corrected chi connectivity index (χ2v) is 1.21. The van der Waals surface area contributed by atoms with E-state index in [0.29, 0.717) is 0 Å². The van der Waals surface area contributed by atoms with E-state index in [9.17, 15) is 0 Å². The topological polar surface area (TPSA) is 51.4 Å². The van der Waals surface area contributed by atoms with Gasteiger partial charge in [0.1, 0.15) is 0 Å². The van der Waals surface area contributed by atoms with Gasteiger partial charge in [-0.25, -0.2) is 0 Å². The molecule has 0 aromatic rings. The quantitative estimate of drug-likeness (QED) is 0.492. The molecule has 0 bridgehead atoms. The molecule has 0 aromatic heterocycles. The minimum Gasteiger partial charge on any atom is -0.512 e. The van der Waals surface area contributed by atoms with E-state index in [2.05, 4.69) is 12.7 Å². The molecule has 42 valence electrons. The summed E-state index contributed by atoms with van der Waals surface area (Å²) in [6.07, 6.45) is 2.56. The fourth-order valence-corrected chi connectivity index (χ4v) is 0.250. The standard InChI is InChI=1S/C4H11N.CN/c1-2-3-4-5;1-2/h2-5H2,1H3;/q;-1/p+1. The van der Waals surface area contributed by atoms with E-state index in [0.717, 1.165) is 6.54 Å². The molecular formula is C5H12N2. The van der Waals surface area contributed by atoms with Crippen molar-refractivity contribution in [2.75, 3.05) is 6.54 Å². The molecule has 0 saturated heterocycles. The number of unbranched alkanes of at least 4 members (excludes halogenated alkanes) is 1. The van der Waals surface area contributed by atoms with Crippen molar-refractivity contribution in [1.29, 1.82) is 5.26 Å². The van der Waals surface area contributed by atoms with E-state index in [1.54, 1.807) is 0 Å². The number of hydrogen-bond donors (Lipinski definition) is 1. The Morgan fingerprint density at radius 3 is 2.00 bits per heavy atom. The molecule has 0 radical (unpaired) electrons. The molecule has 0 aliphatic rings.